The van der Waals surface area contributed by atoms with E-state index in [2.05, 4.69) is 34.6 Å². The van der Waals surface area contributed by atoms with Crippen molar-refractivity contribution in [2.45, 2.75) is 31.8 Å². The summed E-state index contributed by atoms with van der Waals surface area (Å²) >= 11 is 1.18. The number of fused-ring (bicyclic) bond motifs is 1. The Bertz CT molecular complexity index is 624. The number of carboxylic acids is 1. The maximum absolute atomic E-state index is 10.8. The molecule has 1 aliphatic carbocycles. The molecule has 1 aromatic heterocycles. The van der Waals surface area contributed by atoms with Gasteiger partial charge in [0.25, 0.3) is 0 Å². The van der Waals surface area contributed by atoms with Crippen LogP contribution < -0.4 is 5.32 Å². The molecule has 0 radical (unpaired) electrons. The van der Waals surface area contributed by atoms with Crippen molar-refractivity contribution in [1.82, 2.24) is 10.3 Å². The van der Waals surface area contributed by atoms with Gasteiger partial charge in [-0.3, -0.25) is 0 Å². The Morgan fingerprint density at radius 1 is 1.45 bits per heavy atom. The van der Waals surface area contributed by atoms with Gasteiger partial charge in [-0.1, -0.05) is 24.3 Å². The van der Waals surface area contributed by atoms with Crippen molar-refractivity contribution in [3.05, 3.63) is 51.5 Å². The third-order valence-corrected chi connectivity index (χ3v) is 4.51. The van der Waals surface area contributed by atoms with E-state index in [-0.39, 0.29) is 5.01 Å². The minimum atomic E-state index is -0.954. The van der Waals surface area contributed by atoms with Gasteiger partial charge in [0.15, 0.2) is 0 Å². The number of thiazole rings is 1. The minimum absolute atomic E-state index is 0.158. The van der Waals surface area contributed by atoms with Crippen molar-refractivity contribution in [3.63, 3.8) is 0 Å². The Balaban J connectivity index is 1.68. The Kier molecular flexibility index (Phi) is 3.80. The monoisotopic (exact) mass is 288 g/mol. The van der Waals surface area contributed by atoms with E-state index in [9.17, 15) is 4.79 Å². The average Bonchev–Trinajstić information content (AvgIpc) is 2.94. The van der Waals surface area contributed by atoms with Gasteiger partial charge in [-0.05, 0) is 30.4 Å². The number of aryl methyl sites for hydroxylation is 1. The molecule has 2 aromatic rings. The van der Waals surface area contributed by atoms with Gasteiger partial charge in [0, 0.05) is 18.0 Å². The number of hydrogen-bond acceptors (Lipinski definition) is 4. The average molecular weight is 288 g/mol. The van der Waals surface area contributed by atoms with Crippen LogP contribution in [0.25, 0.3) is 0 Å². The minimum Gasteiger partial charge on any atom is -0.476 e. The first-order valence-corrected chi connectivity index (χ1v) is 7.61. The van der Waals surface area contributed by atoms with Crippen LogP contribution in [-0.2, 0) is 13.0 Å². The SMILES string of the molecule is O=C(O)c1nc(CNC2CCCc3ccccc32)cs1. The predicted octanol–water partition coefficient (Wildman–Crippen LogP) is 3.01. The number of hydrogen-bond donors (Lipinski definition) is 2. The lowest BCUT2D eigenvalue weighted by atomic mass is 9.88. The molecule has 1 heterocycles. The maximum Gasteiger partial charge on any atom is 0.365 e. The highest BCUT2D eigenvalue weighted by molar-refractivity contribution is 7.11. The highest BCUT2D eigenvalue weighted by atomic mass is 32.1. The van der Waals surface area contributed by atoms with E-state index in [4.69, 9.17) is 5.11 Å². The van der Waals surface area contributed by atoms with Crippen LogP contribution >= 0.6 is 11.3 Å². The third-order valence-electron chi connectivity index (χ3n) is 3.63. The Hall–Kier alpha value is -1.72. The van der Waals surface area contributed by atoms with E-state index in [1.165, 1.54) is 28.9 Å². The van der Waals surface area contributed by atoms with Gasteiger partial charge in [0.2, 0.25) is 5.01 Å². The van der Waals surface area contributed by atoms with Crippen molar-refractivity contribution in [2.75, 3.05) is 0 Å². The third kappa shape index (κ3) is 2.73. The molecule has 3 rings (SSSR count). The van der Waals surface area contributed by atoms with Gasteiger partial charge in [0.05, 0.1) is 5.69 Å². The van der Waals surface area contributed by atoms with E-state index in [1.807, 2.05) is 5.38 Å². The number of nitrogens with one attached hydrogen (secondary N) is 1. The van der Waals surface area contributed by atoms with Gasteiger partial charge in [-0.25, -0.2) is 9.78 Å². The van der Waals surface area contributed by atoms with Gasteiger partial charge in [-0.2, -0.15) is 0 Å². The van der Waals surface area contributed by atoms with E-state index < -0.39 is 5.97 Å². The molecule has 0 bridgehead atoms. The summed E-state index contributed by atoms with van der Waals surface area (Å²) in [6, 6.07) is 8.87. The molecule has 1 unspecified atom stereocenters. The van der Waals surface area contributed by atoms with Gasteiger partial charge < -0.3 is 10.4 Å². The van der Waals surface area contributed by atoms with Crippen molar-refractivity contribution >= 4 is 17.3 Å². The molecular formula is C15H16N2O2S. The Morgan fingerprint density at radius 2 is 2.30 bits per heavy atom. The first kappa shape index (κ1) is 13.3. The molecular weight excluding hydrogens is 272 g/mol. The van der Waals surface area contributed by atoms with Crippen LogP contribution in [-0.4, -0.2) is 16.1 Å². The fourth-order valence-electron chi connectivity index (χ4n) is 2.68. The largest absolute Gasteiger partial charge is 0.476 e. The normalized spacial score (nSPS) is 17.7. The lowest BCUT2D eigenvalue weighted by molar-refractivity contribution is 0.0696. The topological polar surface area (TPSA) is 62.2 Å². The lowest BCUT2D eigenvalue weighted by Gasteiger charge is -2.26. The van der Waals surface area contributed by atoms with E-state index in [0.717, 1.165) is 18.5 Å². The zero-order valence-electron chi connectivity index (χ0n) is 11.0. The fraction of sp³-hybridized carbons (Fsp3) is 0.333. The van der Waals surface area contributed by atoms with Crippen LogP contribution in [0.4, 0.5) is 0 Å². The van der Waals surface area contributed by atoms with Gasteiger partial charge in [0.1, 0.15) is 0 Å². The smallest absolute Gasteiger partial charge is 0.365 e. The number of aromatic carboxylic acids is 1. The molecule has 0 amide bonds. The fourth-order valence-corrected chi connectivity index (χ4v) is 3.33. The molecule has 104 valence electrons. The summed E-state index contributed by atoms with van der Waals surface area (Å²) in [6.07, 6.45) is 3.45. The molecule has 5 heteroatoms. The molecule has 0 saturated carbocycles. The molecule has 0 aliphatic heterocycles. The number of carbonyl (C=O) groups is 1. The molecule has 4 nitrogen and oxygen atoms in total. The number of nitrogens with zero attached hydrogens (tertiary/aromatic N) is 1. The van der Waals surface area contributed by atoms with E-state index in [1.54, 1.807) is 0 Å². The molecule has 20 heavy (non-hydrogen) atoms. The van der Waals surface area contributed by atoms with E-state index in [0.29, 0.717) is 12.6 Å². The number of rotatable bonds is 4. The van der Waals surface area contributed by atoms with Crippen LogP contribution in [0.5, 0.6) is 0 Å². The molecule has 0 saturated heterocycles. The van der Waals surface area contributed by atoms with Crippen molar-refractivity contribution in [2.24, 2.45) is 0 Å². The molecule has 0 spiro atoms. The summed E-state index contributed by atoms with van der Waals surface area (Å²) in [5.41, 5.74) is 3.59. The highest BCUT2D eigenvalue weighted by Crippen LogP contribution is 2.29. The first-order valence-electron chi connectivity index (χ1n) is 6.73. The zero-order valence-corrected chi connectivity index (χ0v) is 11.8. The number of aromatic nitrogens is 1. The summed E-state index contributed by atoms with van der Waals surface area (Å²) in [6.45, 7) is 0.614. The van der Waals surface area contributed by atoms with Crippen LogP contribution in [0.15, 0.2) is 29.6 Å². The van der Waals surface area contributed by atoms with Crippen molar-refractivity contribution in [3.8, 4) is 0 Å². The summed E-state index contributed by atoms with van der Waals surface area (Å²) in [4.78, 5) is 14.9. The molecule has 2 N–H and O–H groups in total. The van der Waals surface area contributed by atoms with Gasteiger partial charge >= 0.3 is 5.97 Å². The number of benzene rings is 1. The second-order valence-corrected chi connectivity index (χ2v) is 5.83. The first-order chi connectivity index (χ1) is 9.74. The number of carboxylic acid groups (broad SMARTS) is 1. The van der Waals surface area contributed by atoms with Gasteiger partial charge in [-0.15, -0.1) is 11.3 Å². The summed E-state index contributed by atoms with van der Waals surface area (Å²) in [5, 5.41) is 14.3. The molecule has 1 aromatic carbocycles. The Morgan fingerprint density at radius 3 is 3.10 bits per heavy atom. The molecule has 1 atom stereocenters. The molecule has 1 aliphatic rings. The van der Waals surface area contributed by atoms with Crippen LogP contribution in [0.3, 0.4) is 0 Å². The van der Waals surface area contributed by atoms with Crippen LogP contribution in [0, 0.1) is 0 Å². The highest BCUT2D eigenvalue weighted by Gasteiger charge is 2.19. The van der Waals surface area contributed by atoms with Crippen LogP contribution in [0.1, 0.15) is 45.5 Å². The lowest BCUT2D eigenvalue weighted by Crippen LogP contribution is -2.25. The van der Waals surface area contributed by atoms with E-state index >= 15 is 0 Å². The Labute approximate surface area is 121 Å². The predicted molar refractivity (Wildman–Crippen MR) is 78.0 cm³/mol. The second-order valence-electron chi connectivity index (χ2n) is 4.97. The van der Waals surface area contributed by atoms with Crippen molar-refractivity contribution in [1.29, 1.82) is 0 Å². The zero-order chi connectivity index (χ0) is 13.9. The quantitative estimate of drug-likeness (QED) is 0.908. The molecule has 0 fully saturated rings. The summed E-state index contributed by atoms with van der Waals surface area (Å²) in [5.74, 6) is -0.954. The van der Waals surface area contributed by atoms with Crippen molar-refractivity contribution < 1.29 is 9.90 Å². The van der Waals surface area contributed by atoms with Crippen LogP contribution in [0.2, 0.25) is 0 Å². The second kappa shape index (κ2) is 5.73. The standard InChI is InChI=1S/C15H16N2O2S/c18-15(19)14-17-11(9-20-14)8-16-13-7-3-5-10-4-1-2-6-12(10)13/h1-2,4,6,9,13,16H,3,5,7-8H2,(H,18,19). The summed E-state index contributed by atoms with van der Waals surface area (Å²) < 4.78 is 0. The maximum atomic E-state index is 10.8. The summed E-state index contributed by atoms with van der Waals surface area (Å²) in [7, 11) is 0.